The Morgan fingerprint density at radius 1 is 1.29 bits per heavy atom. The molecule has 0 fully saturated rings. The van der Waals surface area contributed by atoms with Crippen LogP contribution in [0.5, 0.6) is 0 Å². The molecule has 7 nitrogen and oxygen atoms in total. The van der Waals surface area contributed by atoms with Crippen LogP contribution in [0.2, 0.25) is 0 Å². The van der Waals surface area contributed by atoms with E-state index >= 15 is 0 Å². The second-order valence-electron chi connectivity index (χ2n) is 3.16. The van der Waals surface area contributed by atoms with Gasteiger partial charge >= 0.3 is 0 Å². The molecule has 1 heterocycles. The molecule has 2 rings (SSSR count). The van der Waals surface area contributed by atoms with Gasteiger partial charge in [-0.15, -0.1) is 0 Å². The summed E-state index contributed by atoms with van der Waals surface area (Å²) in [6, 6.07) is 9.95. The fourth-order valence-corrected chi connectivity index (χ4v) is 1.31. The molecular formula is C10H8N4O3. The summed E-state index contributed by atoms with van der Waals surface area (Å²) in [6.07, 6.45) is 1.20. The topological polar surface area (TPSA) is 90.1 Å². The highest BCUT2D eigenvalue weighted by Crippen LogP contribution is 2.08. The van der Waals surface area contributed by atoms with Gasteiger partial charge in [-0.05, 0) is 12.1 Å². The van der Waals surface area contributed by atoms with Crippen molar-refractivity contribution in [3.63, 3.8) is 0 Å². The Balaban J connectivity index is 2.21. The predicted octanol–water partition coefficient (Wildman–Crippen LogP) is 1.18. The number of carbonyl (C=O) groups is 1. The van der Waals surface area contributed by atoms with E-state index < -0.39 is 10.9 Å². The highest BCUT2D eigenvalue weighted by Gasteiger charge is 2.18. The first-order chi connectivity index (χ1) is 8.18. The molecule has 0 atom stereocenters. The lowest BCUT2D eigenvalue weighted by atomic mass is 10.3. The van der Waals surface area contributed by atoms with Crippen molar-refractivity contribution in [1.29, 1.82) is 0 Å². The van der Waals surface area contributed by atoms with Crippen LogP contribution >= 0.6 is 0 Å². The molecule has 86 valence electrons. The number of benzene rings is 1. The summed E-state index contributed by atoms with van der Waals surface area (Å²) in [5.41, 5.74) is 0.437. The molecule has 7 heteroatoms. The number of nitrogens with zero attached hydrogens (tertiary/aromatic N) is 3. The van der Waals surface area contributed by atoms with Gasteiger partial charge in [0.2, 0.25) is 5.69 Å². The number of hydrogen-bond acceptors (Lipinski definition) is 4. The number of amides is 1. The van der Waals surface area contributed by atoms with Crippen LogP contribution in [0.1, 0.15) is 10.5 Å². The Morgan fingerprint density at radius 3 is 2.65 bits per heavy atom. The number of para-hydroxylation sites is 1. The molecule has 2 aromatic rings. The molecule has 0 unspecified atom stereocenters. The van der Waals surface area contributed by atoms with E-state index in [0.717, 1.165) is 0 Å². The summed E-state index contributed by atoms with van der Waals surface area (Å²) in [5.74, 6) is -0.578. The van der Waals surface area contributed by atoms with E-state index in [-0.39, 0.29) is 5.69 Å². The Bertz CT molecular complexity index is 550. The van der Waals surface area contributed by atoms with Crippen LogP contribution in [-0.4, -0.2) is 20.8 Å². The molecule has 17 heavy (non-hydrogen) atoms. The Hall–Kier alpha value is -2.70. The largest absolute Gasteiger partial charge is 0.339 e. The molecule has 1 amide bonds. The summed E-state index contributed by atoms with van der Waals surface area (Å²) in [4.78, 5) is 22.7. The molecule has 1 N–H and O–H groups in total. The summed E-state index contributed by atoms with van der Waals surface area (Å²) in [7, 11) is 0. The molecule has 0 aliphatic heterocycles. The lowest BCUT2D eigenvalue weighted by Gasteiger charge is -2.03. The van der Waals surface area contributed by atoms with Gasteiger partial charge in [0.15, 0.2) is 6.20 Å². The number of carbonyl (C=O) groups excluding carboxylic acids is 1. The first kappa shape index (κ1) is 10.8. The highest BCUT2D eigenvalue weighted by molar-refractivity contribution is 6.02. The van der Waals surface area contributed by atoms with Gasteiger partial charge in [-0.3, -0.25) is 4.79 Å². The van der Waals surface area contributed by atoms with Crippen molar-refractivity contribution in [2.75, 3.05) is 5.32 Å². The lowest BCUT2D eigenvalue weighted by Crippen LogP contribution is -2.21. The minimum absolute atomic E-state index is 0.126. The number of hydrogen-bond donors (Lipinski definition) is 1. The standard InChI is InChI=1S/C10H8N4O3/c15-10(12-8-4-2-1-3-5-8)9-6-7-11-13(9)14(16)17/h1-7H,(H,12,15). The van der Waals surface area contributed by atoms with Gasteiger partial charge in [0.05, 0.1) is 5.03 Å². The quantitative estimate of drug-likeness (QED) is 0.635. The lowest BCUT2D eigenvalue weighted by molar-refractivity contribution is -0.553. The normalized spacial score (nSPS) is 9.88. The third-order valence-corrected chi connectivity index (χ3v) is 2.04. The number of aromatic nitrogens is 2. The average Bonchev–Trinajstić information content (AvgIpc) is 2.79. The molecule has 0 saturated heterocycles. The zero-order valence-corrected chi connectivity index (χ0v) is 8.61. The van der Waals surface area contributed by atoms with Crippen molar-refractivity contribution in [3.8, 4) is 0 Å². The summed E-state index contributed by atoms with van der Waals surface area (Å²) >= 11 is 0. The van der Waals surface area contributed by atoms with Gasteiger partial charge in [0.1, 0.15) is 0 Å². The number of nitro groups is 1. The molecule has 0 saturated carbocycles. The Morgan fingerprint density at radius 2 is 2.00 bits per heavy atom. The van der Waals surface area contributed by atoms with Crippen LogP contribution in [0.4, 0.5) is 5.69 Å². The van der Waals surface area contributed by atoms with Crippen molar-refractivity contribution in [1.82, 2.24) is 9.89 Å². The van der Waals surface area contributed by atoms with Gasteiger partial charge < -0.3 is 15.4 Å². The van der Waals surface area contributed by atoms with Gasteiger partial charge in [0, 0.05) is 21.6 Å². The smallest absolute Gasteiger partial charge is 0.280 e. The molecule has 0 radical (unpaired) electrons. The molecule has 0 spiro atoms. The van der Waals surface area contributed by atoms with E-state index in [1.807, 2.05) is 0 Å². The second kappa shape index (κ2) is 4.44. The first-order valence-electron chi connectivity index (χ1n) is 4.73. The predicted molar refractivity (Wildman–Crippen MR) is 59.0 cm³/mol. The van der Waals surface area contributed by atoms with Gasteiger partial charge in [0.25, 0.3) is 5.91 Å². The van der Waals surface area contributed by atoms with Crippen molar-refractivity contribution in [2.24, 2.45) is 0 Å². The van der Waals surface area contributed by atoms with Crippen LogP contribution in [0.25, 0.3) is 0 Å². The van der Waals surface area contributed by atoms with E-state index in [9.17, 15) is 14.9 Å². The molecule has 0 bridgehead atoms. The maximum Gasteiger partial charge on any atom is 0.280 e. The van der Waals surface area contributed by atoms with Gasteiger partial charge in [-0.1, -0.05) is 18.2 Å². The average molecular weight is 232 g/mol. The summed E-state index contributed by atoms with van der Waals surface area (Å²) < 4.78 is 0. The second-order valence-corrected chi connectivity index (χ2v) is 3.16. The fourth-order valence-electron chi connectivity index (χ4n) is 1.31. The van der Waals surface area contributed by atoms with Crippen molar-refractivity contribution >= 4 is 11.6 Å². The third-order valence-electron chi connectivity index (χ3n) is 2.04. The monoisotopic (exact) mass is 232 g/mol. The van der Waals surface area contributed by atoms with E-state index in [1.54, 1.807) is 30.3 Å². The molecule has 1 aromatic heterocycles. The van der Waals surface area contributed by atoms with Crippen LogP contribution < -0.4 is 5.32 Å². The zero-order valence-electron chi connectivity index (χ0n) is 8.61. The minimum Gasteiger partial charge on any atom is -0.339 e. The van der Waals surface area contributed by atoms with Crippen LogP contribution in [0.3, 0.4) is 0 Å². The first-order valence-corrected chi connectivity index (χ1v) is 4.73. The molecule has 0 aliphatic carbocycles. The zero-order chi connectivity index (χ0) is 12.3. The van der Waals surface area contributed by atoms with Crippen molar-refractivity contribution < 1.29 is 9.83 Å². The maximum absolute atomic E-state index is 11.7. The maximum atomic E-state index is 11.7. The molecular weight excluding hydrogens is 224 g/mol. The third kappa shape index (κ3) is 2.28. The van der Waals surface area contributed by atoms with Crippen molar-refractivity contribution in [2.45, 2.75) is 0 Å². The number of nitrogens with one attached hydrogen (secondary N) is 1. The molecule has 1 aromatic carbocycles. The number of anilines is 1. The fraction of sp³-hybridized carbons (Fsp3) is 0. The van der Waals surface area contributed by atoms with Gasteiger partial charge in [-0.25, -0.2) is 0 Å². The van der Waals surface area contributed by atoms with E-state index in [0.29, 0.717) is 10.5 Å². The van der Waals surface area contributed by atoms with E-state index in [4.69, 9.17) is 0 Å². The van der Waals surface area contributed by atoms with Crippen LogP contribution in [0, 0.1) is 10.1 Å². The summed E-state index contributed by atoms with van der Waals surface area (Å²) in [6.45, 7) is 0. The SMILES string of the molecule is O=C(Nc1ccccc1)c1ccnn1[N+](=O)[O-]. The van der Waals surface area contributed by atoms with Gasteiger partial charge in [-0.2, -0.15) is 0 Å². The Kier molecular flexibility index (Phi) is 2.82. The van der Waals surface area contributed by atoms with E-state index in [1.165, 1.54) is 12.3 Å². The van der Waals surface area contributed by atoms with Crippen LogP contribution in [-0.2, 0) is 0 Å². The summed E-state index contributed by atoms with van der Waals surface area (Å²) in [5, 5.41) is 15.8. The van der Waals surface area contributed by atoms with Crippen molar-refractivity contribution in [3.05, 3.63) is 58.4 Å². The van der Waals surface area contributed by atoms with Crippen LogP contribution in [0.15, 0.2) is 42.6 Å². The molecule has 0 aliphatic rings. The number of rotatable bonds is 3. The minimum atomic E-state index is -0.764. The highest BCUT2D eigenvalue weighted by atomic mass is 16.7. The Labute approximate surface area is 95.8 Å². The van der Waals surface area contributed by atoms with E-state index in [2.05, 4.69) is 10.4 Å².